The summed E-state index contributed by atoms with van der Waals surface area (Å²) in [5.41, 5.74) is -4.32. The molecular formula is C58H94FN11O10. The molecule has 3 unspecified atom stereocenters. The van der Waals surface area contributed by atoms with Crippen LogP contribution in [0.25, 0.3) is 0 Å². The van der Waals surface area contributed by atoms with Gasteiger partial charge >= 0.3 is 0 Å². The average Bonchev–Trinajstić information content (AvgIpc) is 3.86. The van der Waals surface area contributed by atoms with E-state index in [0.717, 1.165) is 51.4 Å². The Morgan fingerprint density at radius 3 is 1.89 bits per heavy atom. The number of hydrogen-bond donors (Lipinski definition) is 9. The van der Waals surface area contributed by atoms with E-state index < -0.39 is 106 Å². The molecule has 4 rings (SSSR count). The Hall–Kier alpha value is -6.19. The monoisotopic (exact) mass is 1120 g/mol. The molecular weight excluding hydrogens is 1030 g/mol. The SMILES string of the molecule is CCCC(NC(=O)C(C)(C)NC(=O)C[C@H](CC(C)C)NC(=O)C(CCC1CCCCC1)NC(=O)C1CCCN1C(=O)c1ccc(F)cc1)C(=O)NCC(=O)NC(C)(C)C(=O)NC(C)(C)C(=O)NCCC(=O)NCC1(N(C)C)CCC1. The summed E-state index contributed by atoms with van der Waals surface area (Å²) in [6.07, 6.45) is 11.4. The highest BCUT2D eigenvalue weighted by molar-refractivity contribution is 6.00. The van der Waals surface area contributed by atoms with Crippen LogP contribution in [0.4, 0.5) is 4.39 Å². The molecule has 3 fully saturated rings. The number of hydrogen-bond acceptors (Lipinski definition) is 11. The highest BCUT2D eigenvalue weighted by Crippen LogP contribution is 2.35. The minimum absolute atomic E-state index is 0.0314. The van der Waals surface area contributed by atoms with E-state index in [1.54, 1.807) is 6.92 Å². The van der Waals surface area contributed by atoms with Gasteiger partial charge in [0.05, 0.1) is 6.54 Å². The van der Waals surface area contributed by atoms with Crippen molar-refractivity contribution < 1.29 is 52.3 Å². The van der Waals surface area contributed by atoms with Crippen LogP contribution < -0.4 is 47.9 Å². The molecule has 0 radical (unpaired) electrons. The third-order valence-electron chi connectivity index (χ3n) is 15.8. The highest BCUT2D eigenvalue weighted by Gasteiger charge is 2.41. The van der Waals surface area contributed by atoms with E-state index >= 15 is 0 Å². The molecule has 4 atom stereocenters. The molecule has 9 N–H and O–H groups in total. The van der Waals surface area contributed by atoms with Crippen LogP contribution in [0, 0.1) is 17.7 Å². The third-order valence-corrected chi connectivity index (χ3v) is 15.8. The van der Waals surface area contributed by atoms with Gasteiger partial charge in [0.25, 0.3) is 5.91 Å². The molecule has 0 bridgehead atoms. The molecule has 3 aliphatic rings. The lowest BCUT2D eigenvalue weighted by Gasteiger charge is -2.47. The first-order valence-corrected chi connectivity index (χ1v) is 28.9. The Labute approximate surface area is 473 Å². The van der Waals surface area contributed by atoms with Crippen molar-refractivity contribution in [2.45, 2.75) is 218 Å². The van der Waals surface area contributed by atoms with E-state index in [2.05, 4.69) is 52.8 Å². The van der Waals surface area contributed by atoms with Gasteiger partial charge in [-0.1, -0.05) is 59.3 Å². The first kappa shape index (κ1) is 66.3. The van der Waals surface area contributed by atoms with Gasteiger partial charge in [0.15, 0.2) is 0 Å². The molecule has 0 aromatic heterocycles. The fourth-order valence-electron chi connectivity index (χ4n) is 10.6. The Bertz CT molecular complexity index is 2330. The van der Waals surface area contributed by atoms with Gasteiger partial charge in [0, 0.05) is 49.6 Å². The van der Waals surface area contributed by atoms with Gasteiger partial charge in [-0.05, 0) is 150 Å². The molecule has 21 nitrogen and oxygen atoms in total. The number of halogens is 1. The van der Waals surface area contributed by atoms with Crippen molar-refractivity contribution in [1.82, 2.24) is 57.7 Å². The lowest BCUT2D eigenvalue weighted by Crippen LogP contribution is -2.63. The molecule has 22 heteroatoms. The standard InChI is InChI=1S/C58H94FN11O10/c1-12-18-42(48(74)61-35-47(73)67-57(8,9)54(80)68-55(4,5)52(78)60-31-28-45(71)62-36-58(69(10)11)29-17-30-58)65-53(79)56(6,7)66-46(72)34-41(33-37(2)3)63-49(75)43(27-22-38-19-14-13-15-20-38)64-50(76)44-21-16-32-70(44)51(77)39-23-25-40(59)26-24-39/h23-26,37-38,41-44H,12-22,27-36H2,1-11H3,(H,60,78)(H,61,74)(H,62,71)(H,63,75)(H,64,76)(H,65,79)(H,66,72)(H,67,73)(H,68,80)/t41-,42?,43?,44?/m0/s1. The van der Waals surface area contributed by atoms with Crippen molar-refractivity contribution in [2.24, 2.45) is 11.8 Å². The molecule has 10 amide bonds. The van der Waals surface area contributed by atoms with Crippen molar-refractivity contribution in [1.29, 1.82) is 0 Å². The number of likely N-dealkylation sites (tertiary alicyclic amines) is 1. The number of benzene rings is 1. The first-order valence-electron chi connectivity index (χ1n) is 28.9. The number of carbonyl (C=O) groups is 10. The number of nitrogens with zero attached hydrogens (tertiary/aromatic N) is 2. The van der Waals surface area contributed by atoms with Crippen LogP contribution in [-0.2, 0) is 43.2 Å². The Morgan fingerprint density at radius 2 is 1.29 bits per heavy atom. The Kier molecular flexibility index (Phi) is 24.9. The Morgan fingerprint density at radius 1 is 0.675 bits per heavy atom. The largest absolute Gasteiger partial charge is 0.354 e. The van der Waals surface area contributed by atoms with E-state index in [-0.39, 0.29) is 48.7 Å². The predicted octanol–water partition coefficient (Wildman–Crippen LogP) is 3.39. The molecule has 2 saturated carbocycles. The van der Waals surface area contributed by atoms with Crippen molar-refractivity contribution in [3.05, 3.63) is 35.6 Å². The molecule has 1 saturated heterocycles. The van der Waals surface area contributed by atoms with Crippen molar-refractivity contribution in [3.8, 4) is 0 Å². The van der Waals surface area contributed by atoms with Gasteiger partial charge < -0.3 is 57.7 Å². The molecule has 1 aromatic rings. The van der Waals surface area contributed by atoms with Crippen LogP contribution in [-0.4, -0.2) is 155 Å². The summed E-state index contributed by atoms with van der Waals surface area (Å²) in [7, 11) is 3.98. The summed E-state index contributed by atoms with van der Waals surface area (Å²) in [6, 6.07) is 1.55. The number of likely N-dealkylation sites (N-methyl/N-ethyl adjacent to an activating group) is 1. The predicted molar refractivity (Wildman–Crippen MR) is 302 cm³/mol. The smallest absolute Gasteiger partial charge is 0.254 e. The zero-order valence-corrected chi connectivity index (χ0v) is 49.5. The van der Waals surface area contributed by atoms with Gasteiger partial charge in [0.2, 0.25) is 53.2 Å². The normalized spacial score (nSPS) is 17.7. The van der Waals surface area contributed by atoms with Gasteiger partial charge in [-0.15, -0.1) is 0 Å². The molecule has 0 spiro atoms. The number of amides is 10. The summed E-state index contributed by atoms with van der Waals surface area (Å²) in [4.78, 5) is 139. The third kappa shape index (κ3) is 20.1. The second-order valence-corrected chi connectivity index (χ2v) is 24.6. The van der Waals surface area contributed by atoms with E-state index in [1.165, 1.54) is 70.7 Å². The topological polar surface area (TPSA) is 285 Å². The van der Waals surface area contributed by atoms with Crippen LogP contribution in [0.15, 0.2) is 24.3 Å². The van der Waals surface area contributed by atoms with E-state index in [0.29, 0.717) is 57.5 Å². The van der Waals surface area contributed by atoms with Gasteiger partial charge in [-0.25, -0.2) is 4.39 Å². The van der Waals surface area contributed by atoms with Crippen molar-refractivity contribution in [3.63, 3.8) is 0 Å². The molecule has 1 heterocycles. The number of carbonyl (C=O) groups excluding carboxylic acids is 10. The fraction of sp³-hybridized carbons (Fsp3) is 0.724. The molecule has 2 aliphatic carbocycles. The second-order valence-electron chi connectivity index (χ2n) is 24.6. The van der Waals surface area contributed by atoms with Gasteiger partial charge in [0.1, 0.15) is 40.6 Å². The molecule has 1 aliphatic heterocycles. The van der Waals surface area contributed by atoms with Gasteiger partial charge in [-0.3, -0.25) is 47.9 Å². The molecule has 1 aromatic carbocycles. The van der Waals surface area contributed by atoms with Crippen LogP contribution in [0.1, 0.15) is 182 Å². The van der Waals surface area contributed by atoms with E-state index in [4.69, 9.17) is 0 Å². The maximum atomic E-state index is 14.3. The zero-order valence-electron chi connectivity index (χ0n) is 49.5. The lowest BCUT2D eigenvalue weighted by molar-refractivity contribution is -0.137. The first-order chi connectivity index (χ1) is 37.5. The van der Waals surface area contributed by atoms with E-state index in [9.17, 15) is 52.3 Å². The van der Waals surface area contributed by atoms with Crippen LogP contribution in [0.5, 0.6) is 0 Å². The van der Waals surface area contributed by atoms with Crippen molar-refractivity contribution >= 4 is 59.1 Å². The Balaban J connectivity index is 1.29. The maximum Gasteiger partial charge on any atom is 0.254 e. The maximum absolute atomic E-state index is 14.3. The lowest BCUT2D eigenvalue weighted by atomic mass is 9.75. The molecule has 448 valence electrons. The second kappa shape index (κ2) is 30.0. The summed E-state index contributed by atoms with van der Waals surface area (Å²) < 4.78 is 13.7. The summed E-state index contributed by atoms with van der Waals surface area (Å²) in [5, 5.41) is 24.8. The fourth-order valence-corrected chi connectivity index (χ4v) is 10.6. The summed E-state index contributed by atoms with van der Waals surface area (Å²) >= 11 is 0. The summed E-state index contributed by atoms with van der Waals surface area (Å²) in [6.45, 7) is 14.8. The highest BCUT2D eigenvalue weighted by atomic mass is 19.1. The van der Waals surface area contributed by atoms with Gasteiger partial charge in [-0.2, -0.15) is 0 Å². The van der Waals surface area contributed by atoms with Crippen molar-refractivity contribution in [2.75, 3.05) is 40.3 Å². The minimum Gasteiger partial charge on any atom is -0.354 e. The number of rotatable bonds is 30. The average molecular weight is 1120 g/mol. The van der Waals surface area contributed by atoms with Crippen LogP contribution >= 0.6 is 0 Å². The van der Waals surface area contributed by atoms with Crippen LogP contribution in [0.2, 0.25) is 0 Å². The molecule has 80 heavy (non-hydrogen) atoms. The van der Waals surface area contributed by atoms with Crippen LogP contribution in [0.3, 0.4) is 0 Å². The number of nitrogens with one attached hydrogen (secondary N) is 9. The quantitative estimate of drug-likeness (QED) is 0.0539. The van der Waals surface area contributed by atoms with E-state index in [1.807, 2.05) is 27.9 Å². The minimum atomic E-state index is -1.55. The zero-order chi connectivity index (χ0) is 59.6. The summed E-state index contributed by atoms with van der Waals surface area (Å²) in [5.74, 6) is -5.48.